The van der Waals surface area contributed by atoms with Crippen molar-refractivity contribution >= 4 is 5.91 Å². The van der Waals surface area contributed by atoms with E-state index >= 15 is 0 Å². The van der Waals surface area contributed by atoms with E-state index in [2.05, 4.69) is 0 Å². The highest BCUT2D eigenvalue weighted by molar-refractivity contribution is 5.96. The highest BCUT2D eigenvalue weighted by Gasteiger charge is 2.25. The molecule has 1 amide bonds. The summed E-state index contributed by atoms with van der Waals surface area (Å²) in [5.74, 6) is -0.575. The minimum atomic E-state index is -0.767. The molecule has 25 heavy (non-hydrogen) atoms. The first-order valence-electron chi connectivity index (χ1n) is 8.28. The van der Waals surface area contributed by atoms with Gasteiger partial charge >= 0.3 is 0 Å². The molecule has 6 heteroatoms. The van der Waals surface area contributed by atoms with Gasteiger partial charge in [0.25, 0.3) is 5.91 Å². The third-order valence-electron chi connectivity index (χ3n) is 4.46. The monoisotopic (exact) mass is 344 g/mol. The molecule has 1 fully saturated rings. The van der Waals surface area contributed by atoms with Crippen LogP contribution in [-0.4, -0.2) is 58.6 Å². The summed E-state index contributed by atoms with van der Waals surface area (Å²) in [6.07, 6.45) is -0.767. The van der Waals surface area contributed by atoms with E-state index in [1.807, 2.05) is 4.90 Å². The number of amides is 1. The van der Waals surface area contributed by atoms with Crippen molar-refractivity contribution in [1.29, 1.82) is 0 Å². The summed E-state index contributed by atoms with van der Waals surface area (Å²) in [7, 11) is 0. The second kappa shape index (κ2) is 7.63. The number of phenolic OH excluding ortho intramolecular Hbond substituents is 1. The molecular weight excluding hydrogens is 323 g/mol. The first-order chi connectivity index (χ1) is 12.0. The maximum atomic E-state index is 13.3. The van der Waals surface area contributed by atoms with Gasteiger partial charge in [0, 0.05) is 32.7 Å². The number of hydrogen-bond acceptors (Lipinski definition) is 4. The van der Waals surface area contributed by atoms with Crippen molar-refractivity contribution in [2.75, 3.05) is 32.7 Å². The largest absolute Gasteiger partial charge is 0.507 e. The lowest BCUT2D eigenvalue weighted by atomic mass is 10.1. The molecule has 3 rings (SSSR count). The van der Waals surface area contributed by atoms with E-state index < -0.39 is 6.10 Å². The average molecular weight is 344 g/mol. The number of piperazine rings is 1. The Hall–Kier alpha value is -2.44. The van der Waals surface area contributed by atoms with Gasteiger partial charge in [0.2, 0.25) is 0 Å². The van der Waals surface area contributed by atoms with Crippen molar-refractivity contribution < 1.29 is 19.4 Å². The van der Waals surface area contributed by atoms with Gasteiger partial charge in [-0.15, -0.1) is 0 Å². The number of halogens is 1. The molecule has 132 valence electrons. The standard InChI is InChI=1S/C19H21FN2O3/c20-15-5-3-4-14(12-15)18(24)13-21-8-10-22(11-9-21)19(25)16-6-1-2-7-17(16)23/h1-7,12,18,23-24H,8-11,13H2/t18-/m0/s1. The van der Waals surface area contributed by atoms with Crippen LogP contribution in [0.25, 0.3) is 0 Å². The predicted octanol–water partition coefficient (Wildman–Crippen LogP) is 2.02. The summed E-state index contributed by atoms with van der Waals surface area (Å²) < 4.78 is 13.3. The van der Waals surface area contributed by atoms with E-state index in [0.717, 1.165) is 0 Å². The molecule has 0 spiro atoms. The van der Waals surface area contributed by atoms with Gasteiger partial charge in [0.15, 0.2) is 0 Å². The smallest absolute Gasteiger partial charge is 0.257 e. The summed E-state index contributed by atoms with van der Waals surface area (Å²) in [5.41, 5.74) is 0.850. The van der Waals surface area contributed by atoms with Crippen LogP contribution in [0, 0.1) is 5.82 Å². The lowest BCUT2D eigenvalue weighted by molar-refractivity contribution is 0.0525. The van der Waals surface area contributed by atoms with E-state index in [1.54, 1.807) is 35.2 Å². The zero-order chi connectivity index (χ0) is 17.8. The molecule has 0 aliphatic carbocycles. The van der Waals surface area contributed by atoms with Gasteiger partial charge < -0.3 is 15.1 Å². The van der Waals surface area contributed by atoms with Crippen LogP contribution in [0.1, 0.15) is 22.0 Å². The molecule has 1 aliphatic rings. The zero-order valence-electron chi connectivity index (χ0n) is 13.8. The summed E-state index contributed by atoms with van der Waals surface area (Å²) in [5, 5.41) is 20.1. The Balaban J connectivity index is 1.55. The van der Waals surface area contributed by atoms with Crippen molar-refractivity contribution in [2.45, 2.75) is 6.10 Å². The lowest BCUT2D eigenvalue weighted by Crippen LogP contribution is -2.49. The number of nitrogens with zero attached hydrogens (tertiary/aromatic N) is 2. The number of aliphatic hydroxyl groups excluding tert-OH is 1. The number of aliphatic hydroxyl groups is 1. The van der Waals surface area contributed by atoms with Gasteiger partial charge in [-0.2, -0.15) is 0 Å². The Morgan fingerprint density at radius 2 is 1.80 bits per heavy atom. The Labute approximate surface area is 145 Å². The molecule has 1 saturated heterocycles. The molecule has 0 radical (unpaired) electrons. The third kappa shape index (κ3) is 4.15. The van der Waals surface area contributed by atoms with Gasteiger partial charge in [0.05, 0.1) is 11.7 Å². The molecule has 0 aromatic heterocycles. The summed E-state index contributed by atoms with van der Waals surface area (Å²) >= 11 is 0. The number of para-hydroxylation sites is 1. The molecule has 5 nitrogen and oxygen atoms in total. The number of benzene rings is 2. The number of β-amino-alcohol motifs (C(OH)–C–C–N with tert-alkyl or cyclic N) is 1. The fourth-order valence-corrected chi connectivity index (χ4v) is 3.02. The van der Waals surface area contributed by atoms with Gasteiger partial charge in [0.1, 0.15) is 11.6 Å². The lowest BCUT2D eigenvalue weighted by Gasteiger charge is -2.35. The molecule has 2 aromatic carbocycles. The number of hydrogen-bond donors (Lipinski definition) is 2. The van der Waals surface area contributed by atoms with E-state index in [1.165, 1.54) is 18.2 Å². The summed E-state index contributed by atoms with van der Waals surface area (Å²) in [6, 6.07) is 12.5. The fraction of sp³-hybridized carbons (Fsp3) is 0.316. The van der Waals surface area contributed by atoms with Crippen molar-refractivity contribution in [3.8, 4) is 5.75 Å². The van der Waals surface area contributed by atoms with Crippen LogP contribution < -0.4 is 0 Å². The predicted molar refractivity (Wildman–Crippen MR) is 91.8 cm³/mol. The topological polar surface area (TPSA) is 64.0 Å². The van der Waals surface area contributed by atoms with Crippen LogP contribution in [0.4, 0.5) is 4.39 Å². The Morgan fingerprint density at radius 1 is 1.08 bits per heavy atom. The van der Waals surface area contributed by atoms with Crippen molar-refractivity contribution in [3.63, 3.8) is 0 Å². The minimum absolute atomic E-state index is 0.0172. The van der Waals surface area contributed by atoms with Gasteiger partial charge in [-0.3, -0.25) is 9.69 Å². The number of carbonyl (C=O) groups is 1. The van der Waals surface area contributed by atoms with E-state index in [0.29, 0.717) is 43.9 Å². The molecule has 1 atom stereocenters. The van der Waals surface area contributed by atoms with E-state index in [-0.39, 0.29) is 17.5 Å². The van der Waals surface area contributed by atoms with Crippen LogP contribution in [0.3, 0.4) is 0 Å². The van der Waals surface area contributed by atoms with Gasteiger partial charge in [-0.25, -0.2) is 4.39 Å². The third-order valence-corrected chi connectivity index (χ3v) is 4.46. The normalized spacial score (nSPS) is 16.6. The SMILES string of the molecule is O=C(c1ccccc1O)N1CCN(C[C@H](O)c2cccc(F)c2)CC1. The molecule has 0 bridgehead atoms. The first-order valence-corrected chi connectivity index (χ1v) is 8.28. The quantitative estimate of drug-likeness (QED) is 0.891. The van der Waals surface area contributed by atoms with E-state index in [4.69, 9.17) is 0 Å². The zero-order valence-corrected chi connectivity index (χ0v) is 13.8. The minimum Gasteiger partial charge on any atom is -0.507 e. The number of aromatic hydroxyl groups is 1. The van der Waals surface area contributed by atoms with Gasteiger partial charge in [-0.1, -0.05) is 24.3 Å². The molecular formula is C19H21FN2O3. The van der Waals surface area contributed by atoms with Crippen LogP contribution in [0.5, 0.6) is 5.75 Å². The molecule has 0 unspecified atom stereocenters. The molecule has 2 N–H and O–H groups in total. The van der Waals surface area contributed by atoms with Crippen LogP contribution in [-0.2, 0) is 0 Å². The second-order valence-corrected chi connectivity index (χ2v) is 6.18. The Morgan fingerprint density at radius 3 is 2.48 bits per heavy atom. The number of carbonyl (C=O) groups excluding carboxylic acids is 1. The van der Waals surface area contributed by atoms with E-state index in [9.17, 15) is 19.4 Å². The van der Waals surface area contributed by atoms with Crippen LogP contribution >= 0.6 is 0 Å². The molecule has 2 aromatic rings. The number of phenols is 1. The number of rotatable bonds is 4. The highest BCUT2D eigenvalue weighted by atomic mass is 19.1. The molecule has 1 aliphatic heterocycles. The molecule has 0 saturated carbocycles. The van der Waals surface area contributed by atoms with Crippen molar-refractivity contribution in [2.24, 2.45) is 0 Å². The van der Waals surface area contributed by atoms with Crippen LogP contribution in [0.2, 0.25) is 0 Å². The Bertz CT molecular complexity index is 745. The highest BCUT2D eigenvalue weighted by Crippen LogP contribution is 2.20. The summed E-state index contributed by atoms with van der Waals surface area (Å²) in [4.78, 5) is 16.2. The molecule has 1 heterocycles. The van der Waals surface area contributed by atoms with Crippen LogP contribution in [0.15, 0.2) is 48.5 Å². The average Bonchev–Trinajstić information content (AvgIpc) is 2.62. The second-order valence-electron chi connectivity index (χ2n) is 6.18. The van der Waals surface area contributed by atoms with Crippen molar-refractivity contribution in [3.05, 3.63) is 65.5 Å². The maximum absolute atomic E-state index is 13.3. The Kier molecular flexibility index (Phi) is 5.31. The summed E-state index contributed by atoms with van der Waals surface area (Å²) in [6.45, 7) is 2.66. The van der Waals surface area contributed by atoms with Crippen molar-refractivity contribution in [1.82, 2.24) is 9.80 Å². The maximum Gasteiger partial charge on any atom is 0.257 e. The van der Waals surface area contributed by atoms with Gasteiger partial charge in [-0.05, 0) is 29.8 Å². The fourth-order valence-electron chi connectivity index (χ4n) is 3.02. The first kappa shape index (κ1) is 17.4.